The SMILES string of the molecule is COc1ccc(C(=O)N(C)CC(=O)N2CCCC2)cc1S(=O)(=O)NC1CCCC1. The number of carbonyl (C=O) groups excluding carboxylic acids is 2. The number of nitrogens with zero attached hydrogens (tertiary/aromatic N) is 2. The molecule has 9 heteroatoms. The van der Waals surface area contributed by atoms with Crippen molar-refractivity contribution < 1.29 is 22.7 Å². The standard InChI is InChI=1S/C20H29N3O5S/c1-22(14-19(24)23-11-5-6-12-23)20(25)15-9-10-17(28-2)18(13-15)29(26,27)21-16-7-3-4-8-16/h9-10,13,16,21H,3-8,11-12,14H2,1-2H3. The first-order chi connectivity index (χ1) is 13.8. The van der Waals surface area contributed by atoms with Crippen LogP contribution in [-0.2, 0) is 14.8 Å². The second-order valence-corrected chi connectivity index (χ2v) is 9.40. The fraction of sp³-hybridized carbons (Fsp3) is 0.600. The lowest BCUT2D eigenvalue weighted by molar-refractivity contribution is -0.130. The minimum Gasteiger partial charge on any atom is -0.495 e. The average Bonchev–Trinajstić information content (AvgIpc) is 3.40. The zero-order valence-electron chi connectivity index (χ0n) is 17.0. The molecule has 8 nitrogen and oxygen atoms in total. The van der Waals surface area contributed by atoms with E-state index in [1.807, 2.05) is 0 Å². The number of hydrogen-bond acceptors (Lipinski definition) is 5. The maximum Gasteiger partial charge on any atom is 0.254 e. The van der Waals surface area contributed by atoms with Gasteiger partial charge in [-0.05, 0) is 43.9 Å². The Labute approximate surface area is 172 Å². The van der Waals surface area contributed by atoms with Crippen LogP contribution in [0.25, 0.3) is 0 Å². The summed E-state index contributed by atoms with van der Waals surface area (Å²) in [6.07, 6.45) is 5.58. The summed E-state index contributed by atoms with van der Waals surface area (Å²) in [4.78, 5) is 28.1. The molecule has 0 unspecified atom stereocenters. The van der Waals surface area contributed by atoms with E-state index in [0.717, 1.165) is 51.6 Å². The van der Waals surface area contributed by atoms with Crippen molar-refractivity contribution in [3.8, 4) is 5.75 Å². The van der Waals surface area contributed by atoms with Crippen LogP contribution in [-0.4, -0.2) is 69.9 Å². The smallest absolute Gasteiger partial charge is 0.254 e. The van der Waals surface area contributed by atoms with Gasteiger partial charge in [0.25, 0.3) is 5.91 Å². The number of methoxy groups -OCH3 is 1. The molecule has 1 aliphatic heterocycles. The van der Waals surface area contributed by atoms with Gasteiger partial charge in [0.15, 0.2) is 0 Å². The predicted octanol–water partition coefficient (Wildman–Crippen LogP) is 1.61. The van der Waals surface area contributed by atoms with Gasteiger partial charge in [-0.15, -0.1) is 0 Å². The summed E-state index contributed by atoms with van der Waals surface area (Å²) >= 11 is 0. The van der Waals surface area contributed by atoms with Crippen LogP contribution in [0.3, 0.4) is 0 Å². The van der Waals surface area contributed by atoms with Crippen molar-refractivity contribution in [1.82, 2.24) is 14.5 Å². The van der Waals surface area contributed by atoms with Gasteiger partial charge in [0, 0.05) is 31.7 Å². The van der Waals surface area contributed by atoms with Crippen molar-refractivity contribution in [1.29, 1.82) is 0 Å². The van der Waals surface area contributed by atoms with E-state index in [-0.39, 0.29) is 34.7 Å². The molecule has 3 rings (SSSR count). The normalized spacial score (nSPS) is 17.5. The van der Waals surface area contributed by atoms with Gasteiger partial charge in [0.1, 0.15) is 10.6 Å². The molecule has 1 saturated carbocycles. The molecule has 1 heterocycles. The van der Waals surface area contributed by atoms with Gasteiger partial charge in [-0.25, -0.2) is 13.1 Å². The lowest BCUT2D eigenvalue weighted by atomic mass is 10.2. The number of rotatable bonds is 7. The van der Waals surface area contributed by atoms with Crippen molar-refractivity contribution in [2.24, 2.45) is 0 Å². The van der Waals surface area contributed by atoms with Gasteiger partial charge in [-0.1, -0.05) is 12.8 Å². The number of sulfonamides is 1. The molecule has 29 heavy (non-hydrogen) atoms. The summed E-state index contributed by atoms with van der Waals surface area (Å²) in [7, 11) is -0.883. The highest BCUT2D eigenvalue weighted by atomic mass is 32.2. The number of ether oxygens (including phenoxy) is 1. The van der Waals surface area contributed by atoms with Crippen molar-refractivity contribution >= 4 is 21.8 Å². The minimum absolute atomic E-state index is 0.0345. The molecular formula is C20H29N3O5S. The number of hydrogen-bond donors (Lipinski definition) is 1. The minimum atomic E-state index is -3.83. The van der Waals surface area contributed by atoms with Crippen LogP contribution in [0.4, 0.5) is 0 Å². The first kappa shape index (κ1) is 21.6. The fourth-order valence-electron chi connectivity index (χ4n) is 3.91. The largest absolute Gasteiger partial charge is 0.495 e. The summed E-state index contributed by atoms with van der Waals surface area (Å²) in [5.74, 6) is -0.317. The molecular weight excluding hydrogens is 394 g/mol. The highest BCUT2D eigenvalue weighted by Gasteiger charge is 2.28. The Morgan fingerprint density at radius 3 is 2.45 bits per heavy atom. The summed E-state index contributed by atoms with van der Waals surface area (Å²) < 4.78 is 33.7. The molecule has 1 aromatic rings. The van der Waals surface area contributed by atoms with Crippen LogP contribution in [0, 0.1) is 0 Å². The van der Waals surface area contributed by atoms with Crippen molar-refractivity contribution in [2.45, 2.75) is 49.5 Å². The lowest BCUT2D eigenvalue weighted by Crippen LogP contribution is -2.40. The van der Waals surface area contributed by atoms with E-state index in [4.69, 9.17) is 4.74 Å². The summed E-state index contributed by atoms with van der Waals surface area (Å²) in [6, 6.07) is 4.24. The first-order valence-corrected chi connectivity index (χ1v) is 11.5. The van der Waals surface area contributed by atoms with E-state index < -0.39 is 15.9 Å². The van der Waals surface area contributed by atoms with Gasteiger partial charge < -0.3 is 14.5 Å². The molecule has 0 bridgehead atoms. The quantitative estimate of drug-likeness (QED) is 0.719. The molecule has 1 N–H and O–H groups in total. The molecule has 2 aliphatic rings. The Morgan fingerprint density at radius 1 is 1.17 bits per heavy atom. The number of nitrogens with one attached hydrogen (secondary N) is 1. The van der Waals surface area contributed by atoms with Gasteiger partial charge in [0.2, 0.25) is 15.9 Å². The van der Waals surface area contributed by atoms with Crippen molar-refractivity contribution in [2.75, 3.05) is 33.8 Å². The Hall–Kier alpha value is -2.13. The maximum absolute atomic E-state index is 12.9. The average molecular weight is 424 g/mol. The van der Waals surface area contributed by atoms with E-state index >= 15 is 0 Å². The number of likely N-dealkylation sites (tertiary alicyclic amines) is 1. The maximum atomic E-state index is 12.9. The fourth-order valence-corrected chi connectivity index (χ4v) is 5.41. The summed E-state index contributed by atoms with van der Waals surface area (Å²) in [6.45, 7) is 1.41. The van der Waals surface area contributed by atoms with E-state index in [9.17, 15) is 18.0 Å². The van der Waals surface area contributed by atoms with E-state index in [2.05, 4.69) is 4.72 Å². The second kappa shape index (κ2) is 9.13. The highest BCUT2D eigenvalue weighted by Crippen LogP contribution is 2.27. The van der Waals surface area contributed by atoms with E-state index in [1.165, 1.54) is 30.2 Å². The third-order valence-electron chi connectivity index (χ3n) is 5.55. The topological polar surface area (TPSA) is 96.0 Å². The third-order valence-corrected chi connectivity index (χ3v) is 7.10. The molecule has 1 aliphatic carbocycles. The van der Waals surface area contributed by atoms with Gasteiger partial charge in [-0.3, -0.25) is 9.59 Å². The van der Waals surface area contributed by atoms with Crippen LogP contribution < -0.4 is 9.46 Å². The van der Waals surface area contributed by atoms with Crippen molar-refractivity contribution in [3.63, 3.8) is 0 Å². The molecule has 2 amide bonds. The highest BCUT2D eigenvalue weighted by molar-refractivity contribution is 7.89. The molecule has 0 atom stereocenters. The van der Waals surface area contributed by atoms with Crippen LogP contribution >= 0.6 is 0 Å². The zero-order valence-corrected chi connectivity index (χ0v) is 17.8. The van der Waals surface area contributed by atoms with Gasteiger partial charge >= 0.3 is 0 Å². The Kier molecular flexibility index (Phi) is 6.79. The van der Waals surface area contributed by atoms with Crippen molar-refractivity contribution in [3.05, 3.63) is 23.8 Å². The lowest BCUT2D eigenvalue weighted by Gasteiger charge is -2.22. The Morgan fingerprint density at radius 2 is 1.83 bits per heavy atom. The zero-order chi connectivity index (χ0) is 21.0. The molecule has 0 radical (unpaired) electrons. The van der Waals surface area contributed by atoms with Crippen LogP contribution in [0.1, 0.15) is 48.9 Å². The molecule has 2 fully saturated rings. The molecule has 0 spiro atoms. The molecule has 160 valence electrons. The second-order valence-electron chi connectivity index (χ2n) is 7.72. The van der Waals surface area contributed by atoms with E-state index in [1.54, 1.807) is 11.9 Å². The van der Waals surface area contributed by atoms with Crippen LogP contribution in [0.5, 0.6) is 5.75 Å². The third kappa shape index (κ3) is 5.08. The molecule has 1 saturated heterocycles. The van der Waals surface area contributed by atoms with Crippen LogP contribution in [0.15, 0.2) is 23.1 Å². The van der Waals surface area contributed by atoms with Gasteiger partial charge in [-0.2, -0.15) is 0 Å². The summed E-state index contributed by atoms with van der Waals surface area (Å²) in [5.41, 5.74) is 0.203. The number of carbonyl (C=O) groups is 2. The Bertz CT molecular complexity index is 859. The first-order valence-electron chi connectivity index (χ1n) is 10.1. The van der Waals surface area contributed by atoms with Gasteiger partial charge in [0.05, 0.1) is 13.7 Å². The van der Waals surface area contributed by atoms with Crippen LogP contribution in [0.2, 0.25) is 0 Å². The number of amides is 2. The predicted molar refractivity (Wildman–Crippen MR) is 108 cm³/mol. The summed E-state index contributed by atoms with van der Waals surface area (Å²) in [5, 5.41) is 0. The molecule has 1 aromatic carbocycles. The monoisotopic (exact) mass is 423 g/mol. The number of benzene rings is 1. The Balaban J connectivity index is 1.77. The van der Waals surface area contributed by atoms with E-state index in [0.29, 0.717) is 0 Å². The number of likely N-dealkylation sites (N-methyl/N-ethyl adjacent to an activating group) is 1. The molecule has 0 aromatic heterocycles.